The van der Waals surface area contributed by atoms with Gasteiger partial charge in [0.1, 0.15) is 5.82 Å². The van der Waals surface area contributed by atoms with Gasteiger partial charge in [-0.3, -0.25) is 0 Å². The maximum atomic E-state index is 13.2. The molecular formula is C16H13FN4S. The van der Waals surface area contributed by atoms with Crippen LogP contribution in [0.1, 0.15) is 11.1 Å². The smallest absolute Gasteiger partial charge is 0.216 e. The Kier molecular flexibility index (Phi) is 3.93. The van der Waals surface area contributed by atoms with E-state index >= 15 is 0 Å². The molecule has 0 saturated heterocycles. The van der Waals surface area contributed by atoms with Crippen LogP contribution in [0.3, 0.4) is 0 Å². The van der Waals surface area contributed by atoms with Gasteiger partial charge in [-0.1, -0.05) is 36.4 Å². The van der Waals surface area contributed by atoms with Crippen molar-refractivity contribution in [2.75, 3.05) is 0 Å². The summed E-state index contributed by atoms with van der Waals surface area (Å²) >= 11 is 5.21. The molecule has 4 nitrogen and oxygen atoms in total. The number of H-pyrrole nitrogens is 1. The average Bonchev–Trinajstić information content (AvgIpc) is 2.87. The molecule has 3 rings (SSSR count). The number of aryl methyl sites for hydroxylation is 1. The van der Waals surface area contributed by atoms with Gasteiger partial charge in [0.15, 0.2) is 5.82 Å². The third-order valence-electron chi connectivity index (χ3n) is 3.21. The molecule has 0 spiro atoms. The first-order chi connectivity index (χ1) is 10.6. The molecule has 0 unspecified atom stereocenters. The molecule has 22 heavy (non-hydrogen) atoms. The number of aromatic nitrogens is 3. The molecule has 0 aliphatic rings. The van der Waals surface area contributed by atoms with Gasteiger partial charge < -0.3 is 0 Å². The summed E-state index contributed by atoms with van der Waals surface area (Å²) < 4.78 is 15.1. The van der Waals surface area contributed by atoms with Gasteiger partial charge in [-0.25, -0.2) is 9.49 Å². The number of nitrogens with one attached hydrogen (secondary N) is 1. The van der Waals surface area contributed by atoms with Crippen molar-refractivity contribution in [2.24, 2.45) is 5.10 Å². The van der Waals surface area contributed by atoms with E-state index in [1.807, 2.05) is 31.2 Å². The monoisotopic (exact) mass is 312 g/mol. The van der Waals surface area contributed by atoms with E-state index in [1.54, 1.807) is 18.3 Å². The van der Waals surface area contributed by atoms with Crippen LogP contribution in [-0.4, -0.2) is 21.1 Å². The van der Waals surface area contributed by atoms with Gasteiger partial charge in [-0.2, -0.15) is 14.9 Å². The Bertz CT molecular complexity index is 895. The van der Waals surface area contributed by atoms with Gasteiger partial charge in [-0.15, -0.1) is 0 Å². The van der Waals surface area contributed by atoms with Crippen molar-refractivity contribution in [2.45, 2.75) is 6.92 Å². The van der Waals surface area contributed by atoms with E-state index < -0.39 is 0 Å². The second-order valence-electron chi connectivity index (χ2n) is 4.78. The van der Waals surface area contributed by atoms with Gasteiger partial charge in [0.25, 0.3) is 0 Å². The average molecular weight is 312 g/mol. The van der Waals surface area contributed by atoms with Crippen molar-refractivity contribution in [3.63, 3.8) is 0 Å². The molecule has 6 heteroatoms. The third-order valence-corrected chi connectivity index (χ3v) is 3.47. The molecule has 2 aromatic carbocycles. The number of rotatable bonds is 3. The normalized spacial score (nSPS) is 11.2. The van der Waals surface area contributed by atoms with Crippen LogP contribution >= 0.6 is 12.2 Å². The summed E-state index contributed by atoms with van der Waals surface area (Å²) in [6.45, 7) is 1.99. The summed E-state index contributed by atoms with van der Waals surface area (Å²) in [6.07, 6.45) is 1.55. The summed E-state index contributed by atoms with van der Waals surface area (Å²) in [6, 6.07) is 14.0. The molecule has 0 aliphatic heterocycles. The quantitative estimate of drug-likeness (QED) is 0.588. The van der Waals surface area contributed by atoms with Crippen LogP contribution in [0.15, 0.2) is 53.6 Å². The maximum Gasteiger partial charge on any atom is 0.216 e. The molecule has 1 N–H and O–H groups in total. The number of halogens is 1. The fourth-order valence-electron chi connectivity index (χ4n) is 2.11. The summed E-state index contributed by atoms with van der Waals surface area (Å²) in [5, 5.41) is 11.3. The molecular weight excluding hydrogens is 299 g/mol. The van der Waals surface area contributed by atoms with Crippen molar-refractivity contribution in [3.05, 3.63) is 70.2 Å². The molecule has 1 aromatic heterocycles. The minimum atomic E-state index is -0.307. The van der Waals surface area contributed by atoms with Crippen LogP contribution < -0.4 is 0 Å². The van der Waals surface area contributed by atoms with Crippen LogP contribution in [0.2, 0.25) is 0 Å². The van der Waals surface area contributed by atoms with E-state index in [0.717, 1.165) is 11.1 Å². The van der Waals surface area contributed by atoms with Crippen LogP contribution in [0, 0.1) is 17.5 Å². The lowest BCUT2D eigenvalue weighted by molar-refractivity contribution is 0.627. The fourth-order valence-corrected chi connectivity index (χ4v) is 2.29. The van der Waals surface area contributed by atoms with Gasteiger partial charge in [0, 0.05) is 5.56 Å². The highest BCUT2D eigenvalue weighted by Gasteiger charge is 2.09. The number of hydrogen-bond acceptors (Lipinski definition) is 3. The minimum absolute atomic E-state index is 0.307. The Morgan fingerprint density at radius 1 is 1.23 bits per heavy atom. The van der Waals surface area contributed by atoms with E-state index in [-0.39, 0.29) is 5.82 Å². The zero-order valence-electron chi connectivity index (χ0n) is 11.8. The summed E-state index contributed by atoms with van der Waals surface area (Å²) in [7, 11) is 0. The van der Waals surface area contributed by atoms with E-state index in [1.165, 1.54) is 16.8 Å². The van der Waals surface area contributed by atoms with Crippen molar-refractivity contribution in [1.29, 1.82) is 0 Å². The molecule has 0 atom stereocenters. The Balaban J connectivity index is 2.04. The number of nitrogens with zero attached hydrogens (tertiary/aromatic N) is 3. The lowest BCUT2D eigenvalue weighted by Crippen LogP contribution is -1.96. The van der Waals surface area contributed by atoms with Crippen LogP contribution in [0.25, 0.3) is 11.4 Å². The first kappa shape index (κ1) is 14.3. The predicted molar refractivity (Wildman–Crippen MR) is 87.0 cm³/mol. The van der Waals surface area contributed by atoms with Crippen molar-refractivity contribution in [3.8, 4) is 11.4 Å². The standard InChI is InChI=1S/C16H13FN4S/c1-11-5-2-3-8-14(11)15-19-20-16(22)21(15)18-10-12-6-4-7-13(17)9-12/h2-10H,1H3,(H,20,22)/b18-10-. The van der Waals surface area contributed by atoms with Gasteiger partial charge in [0.05, 0.1) is 6.21 Å². The molecule has 0 bridgehead atoms. The fraction of sp³-hybridized carbons (Fsp3) is 0.0625. The highest BCUT2D eigenvalue weighted by Crippen LogP contribution is 2.21. The molecule has 1 heterocycles. The summed E-state index contributed by atoms with van der Waals surface area (Å²) in [5.41, 5.74) is 2.66. The maximum absolute atomic E-state index is 13.2. The Labute approximate surface area is 131 Å². The van der Waals surface area contributed by atoms with Gasteiger partial charge in [0.2, 0.25) is 4.77 Å². The Morgan fingerprint density at radius 3 is 2.82 bits per heavy atom. The van der Waals surface area contributed by atoms with Crippen molar-refractivity contribution in [1.82, 2.24) is 14.9 Å². The van der Waals surface area contributed by atoms with Gasteiger partial charge in [-0.05, 0) is 42.4 Å². The lowest BCUT2D eigenvalue weighted by atomic mass is 10.1. The van der Waals surface area contributed by atoms with Crippen molar-refractivity contribution < 1.29 is 4.39 Å². The molecule has 0 aliphatic carbocycles. The summed E-state index contributed by atoms with van der Waals surface area (Å²) in [4.78, 5) is 0. The highest BCUT2D eigenvalue weighted by molar-refractivity contribution is 7.71. The molecule has 110 valence electrons. The molecule has 0 amide bonds. The molecule has 0 saturated carbocycles. The minimum Gasteiger partial charge on any atom is -0.250 e. The molecule has 0 fully saturated rings. The number of benzene rings is 2. The third kappa shape index (κ3) is 2.87. The largest absolute Gasteiger partial charge is 0.250 e. The zero-order valence-corrected chi connectivity index (χ0v) is 12.6. The lowest BCUT2D eigenvalue weighted by Gasteiger charge is -2.04. The van der Waals surface area contributed by atoms with Gasteiger partial charge >= 0.3 is 0 Å². The zero-order chi connectivity index (χ0) is 15.5. The number of hydrogen-bond donors (Lipinski definition) is 1. The number of aromatic amines is 1. The second kappa shape index (κ2) is 6.03. The first-order valence-corrected chi connectivity index (χ1v) is 7.09. The van der Waals surface area contributed by atoms with Crippen molar-refractivity contribution >= 4 is 18.4 Å². The molecule has 0 radical (unpaired) electrons. The second-order valence-corrected chi connectivity index (χ2v) is 5.17. The Hall–Kier alpha value is -2.60. The van der Waals surface area contributed by atoms with Crippen LogP contribution in [0.4, 0.5) is 4.39 Å². The Morgan fingerprint density at radius 2 is 2.05 bits per heavy atom. The summed E-state index contributed by atoms with van der Waals surface area (Å²) in [5.74, 6) is 0.314. The topological polar surface area (TPSA) is 46.0 Å². The predicted octanol–water partition coefficient (Wildman–Crippen LogP) is 3.94. The van der Waals surface area contributed by atoms with E-state index in [0.29, 0.717) is 16.2 Å². The van der Waals surface area contributed by atoms with Crippen LogP contribution in [-0.2, 0) is 0 Å². The SMILES string of the molecule is Cc1ccccc1-c1n[nH]c(=S)n1/N=C\c1cccc(F)c1. The first-order valence-electron chi connectivity index (χ1n) is 6.68. The van der Waals surface area contributed by atoms with E-state index in [4.69, 9.17) is 12.2 Å². The molecule has 3 aromatic rings. The highest BCUT2D eigenvalue weighted by atomic mass is 32.1. The van der Waals surface area contributed by atoms with Crippen LogP contribution in [0.5, 0.6) is 0 Å². The van der Waals surface area contributed by atoms with E-state index in [9.17, 15) is 4.39 Å². The van der Waals surface area contributed by atoms with E-state index in [2.05, 4.69) is 15.3 Å².